The zero-order chi connectivity index (χ0) is 9.99. The van der Waals surface area contributed by atoms with E-state index in [0.717, 1.165) is 0 Å². The summed E-state index contributed by atoms with van der Waals surface area (Å²) in [6, 6.07) is 0. The van der Waals surface area contributed by atoms with Crippen molar-refractivity contribution in [3.8, 4) is 0 Å². The molecule has 0 radical (unpaired) electrons. The molecule has 1 atom stereocenters. The molecule has 5 nitrogen and oxygen atoms in total. The molecular weight excluding hydrogens is 162 g/mol. The van der Waals surface area contributed by atoms with Gasteiger partial charge in [0.25, 0.3) is 0 Å². The minimum Gasteiger partial charge on any atom is -0.475 e. The smallest absolute Gasteiger partial charge is 0.395 e. The first-order valence-electron chi connectivity index (χ1n) is 3.71. The molecule has 0 aliphatic heterocycles. The summed E-state index contributed by atoms with van der Waals surface area (Å²) >= 11 is 0. The van der Waals surface area contributed by atoms with Gasteiger partial charge in [0.1, 0.15) is 0 Å². The molecular formula is C7H16NO4+. The van der Waals surface area contributed by atoms with Crippen molar-refractivity contribution < 1.29 is 24.6 Å². The predicted octanol–water partition coefficient (Wildman–Crippen LogP) is -0.804. The molecule has 72 valence electrons. The van der Waals surface area contributed by atoms with Crippen LogP contribution < -0.4 is 0 Å². The van der Waals surface area contributed by atoms with Crippen LogP contribution in [0.5, 0.6) is 0 Å². The number of carbonyl (C=O) groups is 1. The molecule has 1 unspecified atom stereocenters. The highest BCUT2D eigenvalue weighted by molar-refractivity contribution is 5.74. The van der Waals surface area contributed by atoms with Crippen molar-refractivity contribution in [3.05, 3.63) is 0 Å². The van der Waals surface area contributed by atoms with Gasteiger partial charge in [0.15, 0.2) is 6.73 Å². The van der Waals surface area contributed by atoms with E-state index in [4.69, 9.17) is 10.2 Å². The minimum absolute atomic E-state index is 0.0515. The van der Waals surface area contributed by atoms with E-state index in [0.29, 0.717) is 0 Å². The minimum atomic E-state index is -1.91. The summed E-state index contributed by atoms with van der Waals surface area (Å²) < 4.78 is -0.362. The number of aliphatic carboxylic acids is 1. The van der Waals surface area contributed by atoms with Crippen LogP contribution in [0, 0.1) is 0 Å². The Balaban J connectivity index is 4.87. The summed E-state index contributed by atoms with van der Waals surface area (Å²) in [4.78, 5) is 10.7. The summed E-state index contributed by atoms with van der Waals surface area (Å²) in [5.41, 5.74) is -1.91. The molecule has 0 heterocycles. The van der Waals surface area contributed by atoms with Crippen molar-refractivity contribution in [3.63, 3.8) is 0 Å². The zero-order valence-electron chi connectivity index (χ0n) is 7.61. The Morgan fingerprint density at radius 1 is 1.50 bits per heavy atom. The summed E-state index contributed by atoms with van der Waals surface area (Å²) in [6.45, 7) is 1.14. The van der Waals surface area contributed by atoms with E-state index in [-0.39, 0.29) is 10.9 Å². The number of rotatable bonds is 4. The van der Waals surface area contributed by atoms with E-state index in [1.54, 1.807) is 6.92 Å². The van der Waals surface area contributed by atoms with Crippen LogP contribution in [0.4, 0.5) is 0 Å². The Kier molecular flexibility index (Phi) is 3.20. The zero-order valence-corrected chi connectivity index (χ0v) is 7.61. The number of hydrogen-bond donors (Lipinski definition) is 3. The quantitative estimate of drug-likeness (QED) is 0.389. The lowest BCUT2D eigenvalue weighted by Gasteiger charge is -2.39. The molecule has 0 aliphatic rings. The van der Waals surface area contributed by atoms with E-state index < -0.39 is 18.4 Å². The van der Waals surface area contributed by atoms with Crippen LogP contribution in [-0.2, 0) is 4.79 Å². The van der Waals surface area contributed by atoms with Gasteiger partial charge in [0.2, 0.25) is 0 Å². The number of aliphatic hydroxyl groups is 2. The van der Waals surface area contributed by atoms with E-state index in [1.165, 1.54) is 14.1 Å². The van der Waals surface area contributed by atoms with Crippen LogP contribution in [0.2, 0.25) is 0 Å². The predicted molar refractivity (Wildman–Crippen MR) is 42.1 cm³/mol. The Morgan fingerprint density at radius 2 is 1.92 bits per heavy atom. The van der Waals surface area contributed by atoms with Crippen molar-refractivity contribution in [1.29, 1.82) is 0 Å². The molecule has 0 amide bonds. The Bertz CT molecular complexity index is 180. The van der Waals surface area contributed by atoms with E-state index in [1.807, 2.05) is 0 Å². The van der Waals surface area contributed by atoms with Crippen LogP contribution in [0.25, 0.3) is 0 Å². The first-order valence-corrected chi connectivity index (χ1v) is 3.71. The normalized spacial score (nSPS) is 17.1. The molecule has 5 heteroatoms. The number of likely N-dealkylation sites (N-methyl/N-ethyl adjacent to an activating group) is 1. The topological polar surface area (TPSA) is 77.8 Å². The molecule has 0 aliphatic carbocycles. The van der Waals surface area contributed by atoms with Crippen molar-refractivity contribution in [1.82, 2.24) is 0 Å². The second-order valence-corrected chi connectivity index (χ2v) is 3.30. The van der Waals surface area contributed by atoms with Gasteiger partial charge in [-0.3, -0.25) is 4.48 Å². The molecule has 0 aromatic carbocycles. The van der Waals surface area contributed by atoms with E-state index in [2.05, 4.69) is 0 Å². The van der Waals surface area contributed by atoms with Crippen molar-refractivity contribution >= 4 is 5.97 Å². The molecule has 0 saturated carbocycles. The summed E-state index contributed by atoms with van der Waals surface area (Å²) in [5, 5.41) is 27.2. The molecule has 0 rings (SSSR count). The molecule has 0 aromatic rings. The first-order chi connectivity index (χ1) is 5.31. The highest BCUT2D eigenvalue weighted by Gasteiger charge is 2.49. The Labute approximate surface area is 71.4 Å². The summed E-state index contributed by atoms with van der Waals surface area (Å²) in [5.74, 6) is -1.32. The van der Waals surface area contributed by atoms with Gasteiger partial charge in [-0.2, -0.15) is 0 Å². The van der Waals surface area contributed by atoms with E-state index in [9.17, 15) is 9.90 Å². The average Bonchev–Trinajstić information content (AvgIpc) is 2.02. The number of quaternary nitrogens is 1. The molecule has 0 aromatic heterocycles. The molecule has 0 bridgehead atoms. The van der Waals surface area contributed by atoms with Gasteiger partial charge in [0.05, 0.1) is 14.1 Å². The van der Waals surface area contributed by atoms with Gasteiger partial charge in [-0.25, -0.2) is 4.79 Å². The van der Waals surface area contributed by atoms with Gasteiger partial charge in [-0.1, -0.05) is 6.92 Å². The molecule has 0 spiro atoms. The summed E-state index contributed by atoms with van der Waals surface area (Å²) in [6.07, 6.45) is 0.0515. The molecule has 3 N–H and O–H groups in total. The third-order valence-electron chi connectivity index (χ3n) is 2.19. The van der Waals surface area contributed by atoms with E-state index >= 15 is 0 Å². The van der Waals surface area contributed by atoms with Gasteiger partial charge in [-0.15, -0.1) is 0 Å². The maximum Gasteiger partial charge on any atom is 0.395 e. The first kappa shape index (κ1) is 11.4. The van der Waals surface area contributed by atoms with Crippen LogP contribution >= 0.6 is 0 Å². The Hall–Kier alpha value is -0.650. The van der Waals surface area contributed by atoms with Crippen LogP contribution in [0.3, 0.4) is 0 Å². The molecule has 12 heavy (non-hydrogen) atoms. The largest absolute Gasteiger partial charge is 0.475 e. The number of aliphatic hydroxyl groups excluding tert-OH is 1. The van der Waals surface area contributed by atoms with Crippen LogP contribution in [0.1, 0.15) is 13.3 Å². The highest BCUT2D eigenvalue weighted by Crippen LogP contribution is 2.21. The molecule has 0 fully saturated rings. The number of nitrogens with zero attached hydrogens (tertiary/aromatic N) is 1. The number of carboxylic acid groups (broad SMARTS) is 1. The van der Waals surface area contributed by atoms with Gasteiger partial charge in [0, 0.05) is 6.42 Å². The SMILES string of the molecule is CCC(O)(C(=O)O)[N+](C)(C)CO. The molecule has 0 saturated heterocycles. The standard InChI is InChI=1S/C7H15NO4/c1-4-7(12,6(10)11)8(2,3)5-9/h9,12H,4-5H2,1-3H3/p+1. The fourth-order valence-electron chi connectivity index (χ4n) is 0.955. The van der Waals surface area contributed by atoms with Gasteiger partial charge >= 0.3 is 11.7 Å². The van der Waals surface area contributed by atoms with Crippen molar-refractivity contribution in [2.24, 2.45) is 0 Å². The van der Waals surface area contributed by atoms with Crippen LogP contribution in [-0.4, -0.2) is 52.3 Å². The lowest BCUT2D eigenvalue weighted by Crippen LogP contribution is -2.64. The second-order valence-electron chi connectivity index (χ2n) is 3.30. The average molecular weight is 178 g/mol. The van der Waals surface area contributed by atoms with Gasteiger partial charge in [-0.05, 0) is 0 Å². The fourth-order valence-corrected chi connectivity index (χ4v) is 0.955. The lowest BCUT2D eigenvalue weighted by molar-refractivity contribution is -0.971. The maximum absolute atomic E-state index is 10.7. The number of hydrogen-bond acceptors (Lipinski definition) is 3. The second kappa shape index (κ2) is 3.38. The summed E-state index contributed by atoms with van der Waals surface area (Å²) in [7, 11) is 2.91. The monoisotopic (exact) mass is 178 g/mol. The van der Waals surface area contributed by atoms with Crippen LogP contribution in [0.15, 0.2) is 0 Å². The van der Waals surface area contributed by atoms with Gasteiger partial charge < -0.3 is 15.3 Å². The highest BCUT2D eigenvalue weighted by atomic mass is 16.4. The van der Waals surface area contributed by atoms with Crippen molar-refractivity contribution in [2.45, 2.75) is 19.1 Å². The third kappa shape index (κ3) is 1.57. The third-order valence-corrected chi connectivity index (χ3v) is 2.19. The number of carboxylic acids is 1. The lowest BCUT2D eigenvalue weighted by atomic mass is 10.1. The maximum atomic E-state index is 10.7. The fraction of sp³-hybridized carbons (Fsp3) is 0.857. The van der Waals surface area contributed by atoms with Crippen molar-refractivity contribution in [2.75, 3.05) is 20.8 Å². The Morgan fingerprint density at radius 3 is 2.00 bits per heavy atom.